The van der Waals surface area contributed by atoms with Crippen LogP contribution in [0.25, 0.3) is 10.2 Å². The van der Waals surface area contributed by atoms with E-state index in [1.807, 2.05) is 54.6 Å². The van der Waals surface area contributed by atoms with Crippen molar-refractivity contribution in [1.82, 2.24) is 9.55 Å². The van der Waals surface area contributed by atoms with Crippen molar-refractivity contribution in [2.24, 2.45) is 0 Å². The van der Waals surface area contributed by atoms with E-state index in [-0.39, 0.29) is 24.6 Å². The maximum Gasteiger partial charge on any atom is 0.349 e. The van der Waals surface area contributed by atoms with Crippen molar-refractivity contribution in [2.75, 3.05) is 11.4 Å². The number of nitrogens with zero attached hydrogens (tertiary/aromatic N) is 3. The molecular formula is C26H23N3O4S. The van der Waals surface area contributed by atoms with Crippen molar-refractivity contribution in [2.45, 2.75) is 32.9 Å². The monoisotopic (exact) mass is 473 g/mol. The first-order valence-electron chi connectivity index (χ1n) is 11.1. The van der Waals surface area contributed by atoms with Crippen LogP contribution >= 0.6 is 11.3 Å². The molecule has 0 radical (unpaired) electrons. The van der Waals surface area contributed by atoms with E-state index in [1.165, 1.54) is 10.9 Å². The van der Waals surface area contributed by atoms with Gasteiger partial charge in [0.1, 0.15) is 22.9 Å². The largest absolute Gasteiger partial charge is 0.457 e. The zero-order valence-electron chi connectivity index (χ0n) is 18.7. The van der Waals surface area contributed by atoms with Gasteiger partial charge in [-0.1, -0.05) is 48.5 Å². The van der Waals surface area contributed by atoms with E-state index in [1.54, 1.807) is 11.8 Å². The number of carbonyl (C=O) groups is 2. The fraction of sp³-hybridized carbons (Fsp3) is 0.231. The molecule has 4 aromatic rings. The smallest absolute Gasteiger partial charge is 0.349 e. The third kappa shape index (κ3) is 4.12. The second kappa shape index (κ2) is 9.23. The first-order valence-corrected chi connectivity index (χ1v) is 11.9. The van der Waals surface area contributed by atoms with Crippen molar-refractivity contribution in [3.63, 3.8) is 0 Å². The number of carbonyl (C=O) groups excluding carboxylic acids is 2. The SMILES string of the molecule is Cc1c(C(=O)OCc2ccccc2)sc2ncn(CC(=O)N3CCCc4ccccc43)c(=O)c12. The van der Waals surface area contributed by atoms with Crippen LogP contribution in [0.2, 0.25) is 0 Å². The average Bonchev–Trinajstić information content (AvgIpc) is 3.21. The van der Waals surface area contributed by atoms with Crippen LogP contribution in [0.5, 0.6) is 0 Å². The summed E-state index contributed by atoms with van der Waals surface area (Å²) in [6.45, 7) is 2.37. The van der Waals surface area contributed by atoms with Crippen LogP contribution in [0.3, 0.4) is 0 Å². The molecule has 0 N–H and O–H groups in total. The molecule has 34 heavy (non-hydrogen) atoms. The van der Waals surface area contributed by atoms with Gasteiger partial charge in [0.2, 0.25) is 5.91 Å². The van der Waals surface area contributed by atoms with E-state index in [0.717, 1.165) is 41.0 Å². The zero-order valence-corrected chi connectivity index (χ0v) is 19.5. The summed E-state index contributed by atoms with van der Waals surface area (Å²) in [5, 5.41) is 0.353. The summed E-state index contributed by atoms with van der Waals surface area (Å²) in [7, 11) is 0. The van der Waals surface area contributed by atoms with Crippen molar-refractivity contribution in [3.05, 3.63) is 92.8 Å². The van der Waals surface area contributed by atoms with Crippen molar-refractivity contribution in [1.29, 1.82) is 0 Å². The topological polar surface area (TPSA) is 81.5 Å². The lowest BCUT2D eigenvalue weighted by atomic mass is 10.0. The minimum Gasteiger partial charge on any atom is -0.457 e. The van der Waals surface area contributed by atoms with Crippen LogP contribution < -0.4 is 10.5 Å². The van der Waals surface area contributed by atoms with Gasteiger partial charge in [0.15, 0.2) is 0 Å². The minimum atomic E-state index is -0.490. The molecule has 0 saturated carbocycles. The molecule has 0 aliphatic carbocycles. The second-order valence-electron chi connectivity index (χ2n) is 8.25. The minimum absolute atomic E-state index is 0.112. The summed E-state index contributed by atoms with van der Waals surface area (Å²) in [4.78, 5) is 46.0. The number of rotatable bonds is 5. The van der Waals surface area contributed by atoms with Gasteiger partial charge in [-0.15, -0.1) is 11.3 Å². The summed E-state index contributed by atoms with van der Waals surface area (Å²) in [5.41, 5.74) is 3.11. The van der Waals surface area contributed by atoms with Crippen molar-refractivity contribution < 1.29 is 14.3 Å². The number of aryl methyl sites for hydroxylation is 2. The highest BCUT2D eigenvalue weighted by Gasteiger charge is 2.24. The average molecular weight is 474 g/mol. The van der Waals surface area contributed by atoms with Crippen LogP contribution in [-0.4, -0.2) is 28.0 Å². The molecule has 0 spiro atoms. The van der Waals surface area contributed by atoms with Crippen molar-refractivity contribution in [3.8, 4) is 0 Å². The van der Waals surface area contributed by atoms with Crippen LogP contribution in [0, 0.1) is 6.92 Å². The molecule has 0 saturated heterocycles. The number of anilines is 1. The second-order valence-corrected chi connectivity index (χ2v) is 9.25. The number of hydrogen-bond acceptors (Lipinski definition) is 6. The van der Waals surface area contributed by atoms with Gasteiger partial charge < -0.3 is 9.64 Å². The number of para-hydroxylation sites is 1. The van der Waals surface area contributed by atoms with E-state index < -0.39 is 5.97 Å². The Hall–Kier alpha value is -3.78. The van der Waals surface area contributed by atoms with E-state index in [0.29, 0.717) is 27.2 Å². The number of ether oxygens (including phenoxy) is 1. The third-order valence-electron chi connectivity index (χ3n) is 6.03. The molecule has 1 amide bonds. The van der Waals surface area contributed by atoms with Gasteiger partial charge >= 0.3 is 5.97 Å². The molecular weight excluding hydrogens is 450 g/mol. The van der Waals surface area contributed by atoms with Gasteiger partial charge in [-0.2, -0.15) is 0 Å². The fourth-order valence-electron chi connectivity index (χ4n) is 4.28. The molecule has 0 fully saturated rings. The predicted molar refractivity (Wildman–Crippen MR) is 131 cm³/mol. The number of amides is 1. The lowest BCUT2D eigenvalue weighted by Crippen LogP contribution is -2.39. The van der Waals surface area contributed by atoms with Crippen LogP contribution in [-0.2, 0) is 29.1 Å². The normalized spacial score (nSPS) is 13.0. The Morgan fingerprint density at radius 2 is 1.85 bits per heavy atom. The summed E-state index contributed by atoms with van der Waals surface area (Å²) in [6.07, 6.45) is 3.20. The van der Waals surface area contributed by atoms with E-state index >= 15 is 0 Å². The molecule has 172 valence electrons. The fourth-order valence-corrected chi connectivity index (χ4v) is 5.31. The van der Waals surface area contributed by atoms with E-state index in [4.69, 9.17) is 4.74 Å². The van der Waals surface area contributed by atoms with Gasteiger partial charge in [-0.3, -0.25) is 14.2 Å². The maximum absolute atomic E-state index is 13.2. The molecule has 1 aliphatic rings. The first kappa shape index (κ1) is 22.0. The zero-order chi connectivity index (χ0) is 23.7. The van der Waals surface area contributed by atoms with Crippen LogP contribution in [0.4, 0.5) is 5.69 Å². The number of esters is 1. The van der Waals surface area contributed by atoms with Gasteiger partial charge in [-0.25, -0.2) is 9.78 Å². The highest BCUT2D eigenvalue weighted by Crippen LogP contribution is 2.29. The first-order chi connectivity index (χ1) is 16.5. The van der Waals surface area contributed by atoms with E-state index in [2.05, 4.69) is 4.98 Å². The van der Waals surface area contributed by atoms with Crippen molar-refractivity contribution >= 4 is 39.1 Å². The Morgan fingerprint density at radius 3 is 2.68 bits per heavy atom. The quantitative estimate of drug-likeness (QED) is 0.408. The molecule has 7 nitrogen and oxygen atoms in total. The third-order valence-corrected chi connectivity index (χ3v) is 7.21. The summed E-state index contributed by atoms with van der Waals surface area (Å²) < 4.78 is 6.77. The molecule has 0 unspecified atom stereocenters. The molecule has 0 bridgehead atoms. The lowest BCUT2D eigenvalue weighted by molar-refractivity contribution is -0.119. The highest BCUT2D eigenvalue weighted by molar-refractivity contribution is 7.20. The summed E-state index contributed by atoms with van der Waals surface area (Å²) in [5.74, 6) is -0.651. The number of hydrogen-bond donors (Lipinski definition) is 0. The molecule has 5 rings (SSSR count). The number of thiophene rings is 1. The Morgan fingerprint density at radius 1 is 1.09 bits per heavy atom. The molecule has 0 atom stereocenters. The standard InChI is InChI=1S/C26H23N3O4S/c1-17-22-24(34-23(17)26(32)33-15-18-8-3-2-4-9-18)27-16-28(25(22)31)14-21(30)29-13-7-11-19-10-5-6-12-20(19)29/h2-6,8-10,12,16H,7,11,13-15H2,1H3. The van der Waals surface area contributed by atoms with E-state index in [9.17, 15) is 14.4 Å². The molecule has 3 heterocycles. The number of fused-ring (bicyclic) bond motifs is 2. The highest BCUT2D eigenvalue weighted by atomic mass is 32.1. The Kier molecular flexibility index (Phi) is 5.98. The molecule has 2 aromatic heterocycles. The summed E-state index contributed by atoms with van der Waals surface area (Å²) in [6, 6.07) is 17.3. The molecule has 2 aromatic carbocycles. The van der Waals surface area contributed by atoms with Gasteiger partial charge in [0, 0.05) is 12.2 Å². The summed E-state index contributed by atoms with van der Waals surface area (Å²) >= 11 is 1.13. The molecule has 8 heteroatoms. The van der Waals surface area contributed by atoms with Crippen LogP contribution in [0.1, 0.15) is 32.8 Å². The number of benzene rings is 2. The lowest BCUT2D eigenvalue weighted by Gasteiger charge is -2.29. The van der Waals surface area contributed by atoms with Gasteiger partial charge in [0.25, 0.3) is 5.56 Å². The number of aromatic nitrogens is 2. The Balaban J connectivity index is 1.38. The maximum atomic E-state index is 13.2. The van der Waals surface area contributed by atoms with Crippen LogP contribution in [0.15, 0.2) is 65.7 Å². The van der Waals surface area contributed by atoms with Gasteiger partial charge in [0.05, 0.1) is 11.7 Å². The Labute approximate surface area is 200 Å². The van der Waals surface area contributed by atoms with Gasteiger partial charge in [-0.05, 0) is 42.5 Å². The molecule has 1 aliphatic heterocycles. The predicted octanol–water partition coefficient (Wildman–Crippen LogP) is 4.10. The Bertz CT molecular complexity index is 1440.